The van der Waals surface area contributed by atoms with E-state index in [4.69, 9.17) is 5.73 Å². The van der Waals surface area contributed by atoms with Crippen LogP contribution in [0.5, 0.6) is 0 Å². The number of hydrogen-bond acceptors (Lipinski definition) is 1. The number of benzene rings is 1. The maximum atomic E-state index is 5.68. The van der Waals surface area contributed by atoms with Crippen LogP contribution in [0.3, 0.4) is 0 Å². The van der Waals surface area contributed by atoms with Crippen LogP contribution in [0.2, 0.25) is 0 Å². The average Bonchev–Trinajstić information content (AvgIpc) is 1.82. The molecule has 4 heteroatoms. The first-order chi connectivity index (χ1) is 4.61. The first-order valence-electron chi connectivity index (χ1n) is 2.51. The van der Waals surface area contributed by atoms with Crippen molar-refractivity contribution in [2.45, 2.75) is 0 Å². The van der Waals surface area contributed by atoms with Crippen LogP contribution in [0.4, 0.5) is 5.69 Å². The lowest BCUT2D eigenvalue weighted by Crippen LogP contribution is -1.89. The molecule has 0 amide bonds. The molecule has 0 aliphatic carbocycles. The van der Waals surface area contributed by atoms with Gasteiger partial charge in [-0.15, -0.1) is 0 Å². The molecule has 1 aromatic carbocycles. The fraction of sp³-hybridized carbons (Fsp3) is 0. The van der Waals surface area contributed by atoms with Crippen LogP contribution >= 0.6 is 54.5 Å². The van der Waals surface area contributed by atoms with Gasteiger partial charge in [0.2, 0.25) is 0 Å². The predicted molar refractivity (Wildman–Crippen MR) is 59.0 cm³/mol. The van der Waals surface area contributed by atoms with Crippen molar-refractivity contribution >= 4 is 60.1 Å². The molecule has 0 spiro atoms. The van der Waals surface area contributed by atoms with E-state index in [1.54, 1.807) is 0 Å². The highest BCUT2D eigenvalue weighted by Crippen LogP contribution is 2.28. The standard InChI is InChI=1S/C6H4Br2IN/c7-3-1-4(8)6(10)5(9)2-3/h1-2H,10H2. The molecule has 0 aliphatic heterocycles. The fourth-order valence-electron chi connectivity index (χ4n) is 0.553. The summed E-state index contributed by atoms with van der Waals surface area (Å²) in [6.07, 6.45) is 0. The van der Waals surface area contributed by atoms with Gasteiger partial charge in [0.25, 0.3) is 0 Å². The van der Waals surface area contributed by atoms with Crippen LogP contribution in [0.25, 0.3) is 0 Å². The molecule has 0 unspecified atom stereocenters. The number of nitrogen functional groups attached to an aromatic ring is 1. The Balaban J connectivity index is 3.31. The van der Waals surface area contributed by atoms with Crippen molar-refractivity contribution in [3.05, 3.63) is 24.6 Å². The Morgan fingerprint density at radius 1 is 1.30 bits per heavy atom. The highest BCUT2D eigenvalue weighted by atomic mass is 127. The Hall–Kier alpha value is 0.710. The van der Waals surface area contributed by atoms with Crippen molar-refractivity contribution in [1.29, 1.82) is 0 Å². The summed E-state index contributed by atoms with van der Waals surface area (Å²) in [5.41, 5.74) is 6.47. The minimum atomic E-state index is 0.795. The quantitative estimate of drug-likeness (QED) is 0.545. The molecule has 1 aromatic rings. The van der Waals surface area contributed by atoms with E-state index < -0.39 is 0 Å². The topological polar surface area (TPSA) is 26.0 Å². The summed E-state index contributed by atoms with van der Waals surface area (Å²) in [6.45, 7) is 0. The average molecular weight is 377 g/mol. The monoisotopic (exact) mass is 375 g/mol. The highest BCUT2D eigenvalue weighted by molar-refractivity contribution is 14.1. The predicted octanol–water partition coefficient (Wildman–Crippen LogP) is 3.40. The third-order valence-electron chi connectivity index (χ3n) is 1.04. The molecule has 0 saturated carbocycles. The maximum absolute atomic E-state index is 5.68. The number of nitrogens with two attached hydrogens (primary N) is 1. The van der Waals surface area contributed by atoms with Crippen molar-refractivity contribution in [3.63, 3.8) is 0 Å². The van der Waals surface area contributed by atoms with Crippen LogP contribution in [0, 0.1) is 3.57 Å². The minimum Gasteiger partial charge on any atom is -0.397 e. The molecule has 0 bridgehead atoms. The van der Waals surface area contributed by atoms with Gasteiger partial charge in [-0.3, -0.25) is 0 Å². The third-order valence-corrected chi connectivity index (χ3v) is 3.05. The molecule has 0 radical (unpaired) electrons. The minimum absolute atomic E-state index is 0.795. The van der Waals surface area contributed by atoms with Gasteiger partial charge in [-0.05, 0) is 50.7 Å². The van der Waals surface area contributed by atoms with Crippen molar-refractivity contribution < 1.29 is 0 Å². The van der Waals surface area contributed by atoms with E-state index in [2.05, 4.69) is 54.5 Å². The molecule has 0 atom stereocenters. The molecule has 10 heavy (non-hydrogen) atoms. The molecule has 1 nitrogen and oxygen atoms in total. The summed E-state index contributed by atoms with van der Waals surface area (Å²) in [5.74, 6) is 0. The second kappa shape index (κ2) is 3.40. The van der Waals surface area contributed by atoms with Gasteiger partial charge in [-0.25, -0.2) is 0 Å². The molecule has 1 rings (SSSR count). The van der Waals surface area contributed by atoms with Gasteiger partial charge in [-0.1, -0.05) is 15.9 Å². The SMILES string of the molecule is Nc1c(Br)cc(Br)cc1I. The van der Waals surface area contributed by atoms with Crippen LogP contribution < -0.4 is 5.73 Å². The van der Waals surface area contributed by atoms with E-state index in [0.717, 1.165) is 18.2 Å². The molecule has 0 fully saturated rings. The number of hydrogen-bond donors (Lipinski definition) is 1. The largest absolute Gasteiger partial charge is 0.397 e. The van der Waals surface area contributed by atoms with Crippen LogP contribution in [0.15, 0.2) is 21.1 Å². The maximum Gasteiger partial charge on any atom is 0.0594 e. The van der Waals surface area contributed by atoms with E-state index in [0.29, 0.717) is 0 Å². The van der Waals surface area contributed by atoms with E-state index >= 15 is 0 Å². The smallest absolute Gasteiger partial charge is 0.0594 e. The molecule has 0 aromatic heterocycles. The van der Waals surface area contributed by atoms with Gasteiger partial charge in [-0.2, -0.15) is 0 Å². The number of halogens is 3. The third kappa shape index (κ3) is 1.85. The molecular weight excluding hydrogens is 373 g/mol. The van der Waals surface area contributed by atoms with E-state index in [-0.39, 0.29) is 0 Å². The van der Waals surface area contributed by atoms with Crippen molar-refractivity contribution in [2.24, 2.45) is 0 Å². The van der Waals surface area contributed by atoms with Crippen molar-refractivity contribution in [1.82, 2.24) is 0 Å². The zero-order chi connectivity index (χ0) is 7.72. The van der Waals surface area contributed by atoms with Crippen molar-refractivity contribution in [2.75, 3.05) is 5.73 Å². The number of rotatable bonds is 0. The Labute approximate surface area is 89.8 Å². The van der Waals surface area contributed by atoms with E-state index in [9.17, 15) is 0 Å². The number of anilines is 1. The summed E-state index contributed by atoms with van der Waals surface area (Å²) < 4.78 is 3.03. The lowest BCUT2D eigenvalue weighted by molar-refractivity contribution is 1.54. The van der Waals surface area contributed by atoms with Crippen LogP contribution in [-0.2, 0) is 0 Å². The molecule has 0 saturated heterocycles. The first-order valence-corrected chi connectivity index (χ1v) is 5.18. The lowest BCUT2D eigenvalue weighted by Gasteiger charge is -2.00. The Kier molecular flexibility index (Phi) is 3.00. The van der Waals surface area contributed by atoms with E-state index in [1.165, 1.54) is 0 Å². The van der Waals surface area contributed by atoms with E-state index in [1.807, 2.05) is 12.1 Å². The molecular formula is C6H4Br2IN. The van der Waals surface area contributed by atoms with Gasteiger partial charge < -0.3 is 5.73 Å². The summed E-state index contributed by atoms with van der Waals surface area (Å²) >= 11 is 8.88. The van der Waals surface area contributed by atoms with Gasteiger partial charge in [0, 0.05) is 12.5 Å². The molecule has 54 valence electrons. The molecule has 0 heterocycles. The lowest BCUT2D eigenvalue weighted by atomic mass is 10.3. The van der Waals surface area contributed by atoms with Gasteiger partial charge in [0.1, 0.15) is 0 Å². The second-order valence-corrected chi connectivity index (χ2v) is 4.72. The van der Waals surface area contributed by atoms with Crippen LogP contribution in [0.1, 0.15) is 0 Å². The Morgan fingerprint density at radius 2 is 1.90 bits per heavy atom. The molecule has 0 aliphatic rings. The molecule has 2 N–H and O–H groups in total. The van der Waals surface area contributed by atoms with Gasteiger partial charge >= 0.3 is 0 Å². The summed E-state index contributed by atoms with van der Waals surface area (Å²) in [4.78, 5) is 0. The summed E-state index contributed by atoms with van der Waals surface area (Å²) in [5, 5.41) is 0. The summed E-state index contributed by atoms with van der Waals surface area (Å²) in [6, 6.07) is 3.90. The highest BCUT2D eigenvalue weighted by Gasteiger charge is 2.00. The summed E-state index contributed by atoms with van der Waals surface area (Å²) in [7, 11) is 0. The normalized spacial score (nSPS) is 9.90. The first kappa shape index (κ1) is 8.80. The second-order valence-electron chi connectivity index (χ2n) is 1.78. The van der Waals surface area contributed by atoms with Crippen molar-refractivity contribution in [3.8, 4) is 0 Å². The van der Waals surface area contributed by atoms with Crippen LogP contribution in [-0.4, -0.2) is 0 Å². The van der Waals surface area contributed by atoms with Gasteiger partial charge in [0.05, 0.1) is 5.69 Å². The Bertz CT molecular complexity index is 239. The zero-order valence-corrected chi connectivity index (χ0v) is 10.2. The fourth-order valence-corrected chi connectivity index (χ4v) is 3.20. The Morgan fingerprint density at radius 3 is 2.40 bits per heavy atom. The zero-order valence-electron chi connectivity index (χ0n) is 4.87. The van der Waals surface area contributed by atoms with Gasteiger partial charge in [0.15, 0.2) is 0 Å².